The van der Waals surface area contributed by atoms with Crippen molar-refractivity contribution < 1.29 is 9.72 Å². The lowest BCUT2D eigenvalue weighted by Gasteiger charge is -2.21. The van der Waals surface area contributed by atoms with Gasteiger partial charge in [0, 0.05) is 11.1 Å². The smallest absolute Gasteiger partial charge is 0.283 e. The number of nitro groups is 1. The number of halogens is 1. The van der Waals surface area contributed by atoms with Crippen LogP contribution in [0.5, 0.6) is 0 Å². The molecule has 1 saturated carbocycles. The van der Waals surface area contributed by atoms with Crippen molar-refractivity contribution in [2.24, 2.45) is 0 Å². The van der Waals surface area contributed by atoms with E-state index in [4.69, 9.17) is 11.6 Å². The number of rotatable bonds is 3. The fourth-order valence-electron chi connectivity index (χ4n) is 2.38. The maximum absolute atomic E-state index is 12.2. The SMILES string of the molecule is N#CC1(NC(=O)c2ccc(Cl)cc2[N+](=O)[O-])CCCC1. The second kappa shape index (κ2) is 5.47. The molecule has 2 rings (SSSR count). The average Bonchev–Trinajstić information content (AvgIpc) is 2.87. The first-order valence-electron chi connectivity index (χ1n) is 6.15. The van der Waals surface area contributed by atoms with E-state index in [0.717, 1.165) is 18.9 Å². The van der Waals surface area contributed by atoms with Crippen molar-refractivity contribution in [2.75, 3.05) is 0 Å². The van der Waals surface area contributed by atoms with Crippen LogP contribution in [-0.4, -0.2) is 16.4 Å². The summed E-state index contributed by atoms with van der Waals surface area (Å²) in [6, 6.07) is 5.95. The van der Waals surface area contributed by atoms with Crippen LogP contribution in [-0.2, 0) is 0 Å². The van der Waals surface area contributed by atoms with Gasteiger partial charge in [-0.2, -0.15) is 5.26 Å². The largest absolute Gasteiger partial charge is 0.333 e. The number of carbonyl (C=O) groups excluding carboxylic acids is 1. The lowest BCUT2D eigenvalue weighted by Crippen LogP contribution is -2.45. The summed E-state index contributed by atoms with van der Waals surface area (Å²) in [6.07, 6.45) is 2.85. The van der Waals surface area contributed by atoms with Crippen molar-refractivity contribution in [1.29, 1.82) is 5.26 Å². The molecule has 7 heteroatoms. The van der Waals surface area contributed by atoms with E-state index < -0.39 is 16.4 Å². The van der Waals surface area contributed by atoms with Gasteiger partial charge in [0.15, 0.2) is 0 Å². The van der Waals surface area contributed by atoms with Gasteiger partial charge in [-0.25, -0.2) is 0 Å². The molecule has 104 valence electrons. The van der Waals surface area contributed by atoms with E-state index in [1.807, 2.05) is 0 Å². The third-order valence-corrected chi connectivity index (χ3v) is 3.66. The Hall–Kier alpha value is -2.13. The van der Waals surface area contributed by atoms with Gasteiger partial charge in [-0.3, -0.25) is 14.9 Å². The maximum atomic E-state index is 12.2. The second-order valence-corrected chi connectivity index (χ2v) is 5.21. The number of nitriles is 1. The van der Waals surface area contributed by atoms with Crippen LogP contribution in [0.4, 0.5) is 5.69 Å². The van der Waals surface area contributed by atoms with E-state index in [-0.39, 0.29) is 16.3 Å². The quantitative estimate of drug-likeness (QED) is 0.684. The van der Waals surface area contributed by atoms with Crippen LogP contribution < -0.4 is 5.32 Å². The van der Waals surface area contributed by atoms with E-state index in [1.54, 1.807) is 0 Å². The van der Waals surface area contributed by atoms with Crippen molar-refractivity contribution in [2.45, 2.75) is 31.2 Å². The Balaban J connectivity index is 2.30. The number of hydrogen-bond acceptors (Lipinski definition) is 4. The predicted molar refractivity (Wildman–Crippen MR) is 72.4 cm³/mol. The molecule has 0 radical (unpaired) electrons. The third kappa shape index (κ3) is 2.73. The summed E-state index contributed by atoms with van der Waals surface area (Å²) in [5, 5.41) is 23.0. The first-order valence-corrected chi connectivity index (χ1v) is 6.53. The molecule has 1 aliphatic rings. The highest BCUT2D eigenvalue weighted by Gasteiger charge is 2.36. The summed E-state index contributed by atoms with van der Waals surface area (Å²) >= 11 is 5.70. The molecule has 0 unspecified atom stereocenters. The molecule has 6 nitrogen and oxygen atoms in total. The number of nitro benzene ring substituents is 1. The second-order valence-electron chi connectivity index (χ2n) is 4.77. The van der Waals surface area contributed by atoms with Gasteiger partial charge in [-0.05, 0) is 37.8 Å². The van der Waals surface area contributed by atoms with Crippen LogP contribution in [0.3, 0.4) is 0 Å². The van der Waals surface area contributed by atoms with Crippen LogP contribution in [0, 0.1) is 21.4 Å². The summed E-state index contributed by atoms with van der Waals surface area (Å²) in [5.41, 5.74) is -1.35. The summed E-state index contributed by atoms with van der Waals surface area (Å²) in [5.74, 6) is -0.614. The number of amides is 1. The van der Waals surface area contributed by atoms with Gasteiger partial charge < -0.3 is 5.32 Å². The number of hydrogen-bond donors (Lipinski definition) is 1. The van der Waals surface area contributed by atoms with Crippen molar-refractivity contribution in [1.82, 2.24) is 5.32 Å². The number of carbonyl (C=O) groups is 1. The fraction of sp³-hybridized carbons (Fsp3) is 0.385. The highest BCUT2D eigenvalue weighted by molar-refractivity contribution is 6.31. The van der Waals surface area contributed by atoms with Crippen LogP contribution in [0.15, 0.2) is 18.2 Å². The zero-order valence-corrected chi connectivity index (χ0v) is 11.3. The summed E-state index contributed by atoms with van der Waals surface area (Å²) in [6.45, 7) is 0. The molecule has 0 spiro atoms. The zero-order valence-electron chi connectivity index (χ0n) is 10.6. The third-order valence-electron chi connectivity index (χ3n) is 3.43. The highest BCUT2D eigenvalue weighted by Crippen LogP contribution is 2.30. The van der Waals surface area contributed by atoms with E-state index >= 15 is 0 Å². The molecule has 1 amide bonds. The molecular weight excluding hydrogens is 282 g/mol. The van der Waals surface area contributed by atoms with Crippen LogP contribution in [0.1, 0.15) is 36.0 Å². The van der Waals surface area contributed by atoms with Gasteiger partial charge in [-0.15, -0.1) is 0 Å². The Morgan fingerprint density at radius 1 is 1.45 bits per heavy atom. The molecule has 0 atom stereocenters. The molecule has 20 heavy (non-hydrogen) atoms. The van der Waals surface area contributed by atoms with Gasteiger partial charge in [0.25, 0.3) is 11.6 Å². The van der Waals surface area contributed by atoms with Gasteiger partial charge in [0.05, 0.1) is 11.0 Å². The first kappa shape index (κ1) is 14.3. The molecular formula is C13H12ClN3O3. The number of nitrogens with zero attached hydrogens (tertiary/aromatic N) is 2. The molecule has 1 fully saturated rings. The Bertz CT molecular complexity index is 603. The van der Waals surface area contributed by atoms with E-state index in [9.17, 15) is 20.2 Å². The molecule has 0 aromatic heterocycles. The van der Waals surface area contributed by atoms with Crippen molar-refractivity contribution >= 4 is 23.2 Å². The monoisotopic (exact) mass is 293 g/mol. The molecule has 0 heterocycles. The topological polar surface area (TPSA) is 96.0 Å². The van der Waals surface area contributed by atoms with Gasteiger partial charge >= 0.3 is 0 Å². The summed E-state index contributed by atoms with van der Waals surface area (Å²) in [7, 11) is 0. The summed E-state index contributed by atoms with van der Waals surface area (Å²) < 4.78 is 0. The molecule has 1 N–H and O–H groups in total. The molecule has 0 saturated heterocycles. The summed E-state index contributed by atoms with van der Waals surface area (Å²) in [4.78, 5) is 22.5. The molecule has 1 aromatic rings. The van der Waals surface area contributed by atoms with E-state index in [1.165, 1.54) is 12.1 Å². The lowest BCUT2D eigenvalue weighted by molar-refractivity contribution is -0.385. The number of benzene rings is 1. The number of nitrogens with one attached hydrogen (secondary N) is 1. The highest BCUT2D eigenvalue weighted by atomic mass is 35.5. The molecule has 0 aliphatic heterocycles. The minimum atomic E-state index is -0.912. The lowest BCUT2D eigenvalue weighted by atomic mass is 9.99. The van der Waals surface area contributed by atoms with E-state index in [0.29, 0.717) is 12.8 Å². The zero-order chi connectivity index (χ0) is 14.8. The Kier molecular flexibility index (Phi) is 3.91. The molecule has 1 aliphatic carbocycles. The Labute approximate surface area is 120 Å². The van der Waals surface area contributed by atoms with Crippen molar-refractivity contribution in [3.8, 4) is 6.07 Å². The van der Waals surface area contributed by atoms with Gasteiger partial charge in [-0.1, -0.05) is 11.6 Å². The minimum Gasteiger partial charge on any atom is -0.333 e. The van der Waals surface area contributed by atoms with Crippen molar-refractivity contribution in [3.05, 3.63) is 38.9 Å². The van der Waals surface area contributed by atoms with Crippen LogP contribution >= 0.6 is 11.6 Å². The molecule has 0 bridgehead atoms. The normalized spacial score (nSPS) is 16.4. The molecule has 1 aromatic carbocycles. The Morgan fingerprint density at radius 2 is 2.10 bits per heavy atom. The van der Waals surface area contributed by atoms with Crippen molar-refractivity contribution in [3.63, 3.8) is 0 Å². The first-order chi connectivity index (χ1) is 9.47. The van der Waals surface area contributed by atoms with Gasteiger partial charge in [0.1, 0.15) is 11.1 Å². The maximum Gasteiger partial charge on any atom is 0.283 e. The van der Waals surface area contributed by atoms with Crippen LogP contribution in [0.2, 0.25) is 5.02 Å². The fourth-order valence-corrected chi connectivity index (χ4v) is 2.54. The minimum absolute atomic E-state index is 0.0825. The van der Waals surface area contributed by atoms with Gasteiger partial charge in [0.2, 0.25) is 0 Å². The average molecular weight is 294 g/mol. The van der Waals surface area contributed by atoms with Crippen LogP contribution in [0.25, 0.3) is 0 Å². The van der Waals surface area contributed by atoms with E-state index in [2.05, 4.69) is 11.4 Å². The predicted octanol–water partition coefficient (Wildman–Crippen LogP) is 2.81. The Morgan fingerprint density at radius 3 is 2.65 bits per heavy atom. The standard InChI is InChI=1S/C13H12ClN3O3/c14-9-3-4-10(11(7-9)17(19)20)12(18)16-13(8-15)5-1-2-6-13/h3-4,7H,1-2,5-6H2,(H,16,18).